The van der Waals surface area contributed by atoms with E-state index in [0.29, 0.717) is 35.9 Å². The number of aromatic nitrogens is 2. The number of rotatable bonds is 9. The third-order valence-electron chi connectivity index (χ3n) is 5.20. The summed E-state index contributed by atoms with van der Waals surface area (Å²) in [7, 11) is 3.13. The molecule has 3 aromatic rings. The molecule has 1 atom stereocenters. The molecule has 6 nitrogen and oxygen atoms in total. The lowest BCUT2D eigenvalue weighted by Crippen LogP contribution is -2.26. The number of ether oxygens (including phenoxy) is 2. The van der Waals surface area contributed by atoms with Crippen LogP contribution in [0.15, 0.2) is 42.5 Å². The number of benzene rings is 2. The van der Waals surface area contributed by atoms with Gasteiger partial charge in [0.25, 0.3) is 5.91 Å². The third kappa shape index (κ3) is 4.70. The number of nitrogens with one attached hydrogen (secondary N) is 1. The molecule has 1 aromatic heterocycles. The summed E-state index contributed by atoms with van der Waals surface area (Å²) in [5, 5.41) is 2.99. The van der Waals surface area contributed by atoms with E-state index in [2.05, 4.69) is 29.8 Å². The van der Waals surface area contributed by atoms with E-state index in [1.165, 1.54) is 0 Å². The first-order chi connectivity index (χ1) is 14.1. The molecule has 154 valence electrons. The zero-order valence-electron chi connectivity index (χ0n) is 17.6. The molecule has 0 aliphatic rings. The topological polar surface area (TPSA) is 65.4 Å². The summed E-state index contributed by atoms with van der Waals surface area (Å²) < 4.78 is 12.8. The minimum absolute atomic E-state index is 0.143. The van der Waals surface area contributed by atoms with Crippen LogP contribution < -0.4 is 14.8 Å². The summed E-state index contributed by atoms with van der Waals surface area (Å²) in [6.07, 6.45) is 1.78. The maximum atomic E-state index is 12.5. The number of methoxy groups -OCH3 is 2. The van der Waals surface area contributed by atoms with Crippen molar-refractivity contribution in [2.75, 3.05) is 20.8 Å². The van der Waals surface area contributed by atoms with E-state index in [4.69, 9.17) is 14.5 Å². The van der Waals surface area contributed by atoms with Crippen LogP contribution in [-0.4, -0.2) is 36.2 Å². The highest BCUT2D eigenvalue weighted by Crippen LogP contribution is 2.27. The number of carbonyl (C=O) groups is 1. The van der Waals surface area contributed by atoms with Gasteiger partial charge in [0.15, 0.2) is 11.5 Å². The van der Waals surface area contributed by atoms with Crippen LogP contribution in [0.4, 0.5) is 0 Å². The average Bonchev–Trinajstić information content (AvgIpc) is 3.10. The Hall–Kier alpha value is -3.02. The van der Waals surface area contributed by atoms with Crippen LogP contribution in [0.5, 0.6) is 11.5 Å². The Morgan fingerprint density at radius 1 is 1.14 bits per heavy atom. The number of fused-ring (bicyclic) bond motifs is 1. The van der Waals surface area contributed by atoms with Crippen LogP contribution in [0.25, 0.3) is 11.0 Å². The second kappa shape index (κ2) is 9.45. The molecule has 0 saturated carbocycles. The van der Waals surface area contributed by atoms with Crippen molar-refractivity contribution >= 4 is 16.9 Å². The van der Waals surface area contributed by atoms with E-state index in [9.17, 15) is 4.79 Å². The molecule has 0 fully saturated rings. The summed E-state index contributed by atoms with van der Waals surface area (Å²) in [6, 6.07) is 13.3. The zero-order valence-corrected chi connectivity index (χ0v) is 17.6. The highest BCUT2D eigenvalue weighted by Gasteiger charge is 2.14. The molecule has 1 amide bonds. The van der Waals surface area contributed by atoms with Crippen molar-refractivity contribution in [1.29, 1.82) is 0 Å². The monoisotopic (exact) mass is 395 g/mol. The highest BCUT2D eigenvalue weighted by atomic mass is 16.5. The van der Waals surface area contributed by atoms with Gasteiger partial charge in [-0.25, -0.2) is 4.98 Å². The number of carbonyl (C=O) groups excluding carboxylic acids is 1. The standard InChI is InChI=1S/C23H29N3O3/c1-5-16(2)15-26-19-9-7-6-8-18(19)25-22(26)12-13-24-23(27)17-10-11-20(28-3)21(14-17)29-4/h6-11,14,16H,5,12-13,15H2,1-4H3,(H,24,27). The van der Waals surface area contributed by atoms with E-state index in [0.717, 1.165) is 29.8 Å². The third-order valence-corrected chi connectivity index (χ3v) is 5.20. The Balaban J connectivity index is 1.71. The van der Waals surface area contributed by atoms with Gasteiger partial charge in [0.1, 0.15) is 5.82 Å². The van der Waals surface area contributed by atoms with Gasteiger partial charge < -0.3 is 19.4 Å². The van der Waals surface area contributed by atoms with Crippen LogP contribution in [0.3, 0.4) is 0 Å². The fourth-order valence-electron chi connectivity index (χ4n) is 3.33. The van der Waals surface area contributed by atoms with Gasteiger partial charge >= 0.3 is 0 Å². The van der Waals surface area contributed by atoms with E-state index in [1.807, 2.05) is 18.2 Å². The largest absolute Gasteiger partial charge is 0.493 e. The first kappa shape index (κ1) is 20.7. The lowest BCUT2D eigenvalue weighted by atomic mass is 10.1. The van der Waals surface area contributed by atoms with Crippen molar-refractivity contribution in [3.8, 4) is 11.5 Å². The first-order valence-corrected chi connectivity index (χ1v) is 10.0. The van der Waals surface area contributed by atoms with Gasteiger partial charge in [-0.05, 0) is 36.2 Å². The zero-order chi connectivity index (χ0) is 20.8. The average molecular weight is 396 g/mol. The van der Waals surface area contributed by atoms with Crippen LogP contribution in [0.1, 0.15) is 36.5 Å². The molecular formula is C23H29N3O3. The lowest BCUT2D eigenvalue weighted by molar-refractivity contribution is 0.0953. The molecule has 0 aliphatic carbocycles. The molecular weight excluding hydrogens is 366 g/mol. The number of hydrogen-bond donors (Lipinski definition) is 1. The quantitative estimate of drug-likeness (QED) is 0.593. The van der Waals surface area contributed by atoms with Gasteiger partial charge in [0, 0.05) is 25.1 Å². The molecule has 3 rings (SSSR count). The van der Waals surface area contributed by atoms with E-state index < -0.39 is 0 Å². The van der Waals surface area contributed by atoms with Gasteiger partial charge in [-0.1, -0.05) is 32.4 Å². The van der Waals surface area contributed by atoms with Gasteiger partial charge in [-0.2, -0.15) is 0 Å². The van der Waals surface area contributed by atoms with Gasteiger partial charge in [-0.3, -0.25) is 4.79 Å². The van der Waals surface area contributed by atoms with E-state index >= 15 is 0 Å². The fourth-order valence-corrected chi connectivity index (χ4v) is 3.33. The summed E-state index contributed by atoms with van der Waals surface area (Å²) in [5.41, 5.74) is 2.68. The minimum Gasteiger partial charge on any atom is -0.493 e. The molecule has 1 heterocycles. The van der Waals surface area contributed by atoms with Crippen molar-refractivity contribution in [1.82, 2.24) is 14.9 Å². The van der Waals surface area contributed by atoms with E-state index in [1.54, 1.807) is 32.4 Å². The molecule has 0 spiro atoms. The number of para-hydroxylation sites is 2. The summed E-state index contributed by atoms with van der Waals surface area (Å²) >= 11 is 0. The molecule has 0 bridgehead atoms. The predicted octanol–water partition coefficient (Wildman–Crippen LogP) is 4.07. The number of amides is 1. The van der Waals surface area contributed by atoms with Crippen LogP contribution >= 0.6 is 0 Å². The SMILES string of the molecule is CCC(C)Cn1c(CCNC(=O)c2ccc(OC)c(OC)c2)nc2ccccc21. The first-order valence-electron chi connectivity index (χ1n) is 10.0. The molecule has 6 heteroatoms. The molecule has 29 heavy (non-hydrogen) atoms. The fraction of sp³-hybridized carbons (Fsp3) is 0.391. The number of imidazole rings is 1. The Kier molecular flexibility index (Phi) is 6.75. The van der Waals surface area contributed by atoms with Gasteiger partial charge in [-0.15, -0.1) is 0 Å². The Morgan fingerprint density at radius 2 is 1.90 bits per heavy atom. The Labute approximate surface area is 171 Å². The molecule has 0 saturated heterocycles. The van der Waals surface area contributed by atoms with Crippen molar-refractivity contribution in [2.24, 2.45) is 5.92 Å². The minimum atomic E-state index is -0.143. The Morgan fingerprint density at radius 3 is 2.62 bits per heavy atom. The van der Waals surface area contributed by atoms with Gasteiger partial charge in [0.2, 0.25) is 0 Å². The smallest absolute Gasteiger partial charge is 0.251 e. The number of nitrogens with zero attached hydrogens (tertiary/aromatic N) is 2. The Bertz CT molecular complexity index is 981. The van der Waals surface area contributed by atoms with E-state index in [-0.39, 0.29) is 5.91 Å². The van der Waals surface area contributed by atoms with Crippen LogP contribution in [-0.2, 0) is 13.0 Å². The van der Waals surface area contributed by atoms with Crippen molar-refractivity contribution in [3.63, 3.8) is 0 Å². The number of hydrogen-bond acceptors (Lipinski definition) is 4. The molecule has 0 radical (unpaired) electrons. The maximum absolute atomic E-state index is 12.5. The predicted molar refractivity (Wildman–Crippen MR) is 115 cm³/mol. The molecule has 0 aliphatic heterocycles. The molecule has 2 aromatic carbocycles. The van der Waals surface area contributed by atoms with Crippen molar-refractivity contribution in [3.05, 3.63) is 53.9 Å². The molecule has 1 N–H and O–H groups in total. The van der Waals surface area contributed by atoms with Crippen molar-refractivity contribution < 1.29 is 14.3 Å². The second-order valence-electron chi connectivity index (χ2n) is 7.22. The maximum Gasteiger partial charge on any atom is 0.251 e. The highest BCUT2D eigenvalue weighted by molar-refractivity contribution is 5.94. The lowest BCUT2D eigenvalue weighted by Gasteiger charge is -2.14. The summed E-state index contributed by atoms with van der Waals surface area (Å²) in [6.45, 7) is 5.89. The summed E-state index contributed by atoms with van der Waals surface area (Å²) in [5.74, 6) is 2.56. The normalized spacial score (nSPS) is 12.0. The summed E-state index contributed by atoms with van der Waals surface area (Å²) in [4.78, 5) is 17.3. The van der Waals surface area contributed by atoms with Crippen LogP contribution in [0, 0.1) is 5.92 Å². The van der Waals surface area contributed by atoms with Gasteiger partial charge in [0.05, 0.1) is 25.3 Å². The van der Waals surface area contributed by atoms with Crippen LogP contribution in [0.2, 0.25) is 0 Å². The van der Waals surface area contributed by atoms with Crippen molar-refractivity contribution in [2.45, 2.75) is 33.2 Å². The second-order valence-corrected chi connectivity index (χ2v) is 7.22. The molecule has 1 unspecified atom stereocenters.